The molecule has 2 saturated heterocycles. The summed E-state index contributed by atoms with van der Waals surface area (Å²) in [5, 5.41) is 9.87. The highest BCUT2D eigenvalue weighted by Crippen LogP contribution is 2.47. The Morgan fingerprint density at radius 2 is 2.12 bits per heavy atom. The van der Waals surface area contributed by atoms with Crippen molar-refractivity contribution in [3.63, 3.8) is 0 Å². The molecule has 0 unspecified atom stereocenters. The molecule has 0 radical (unpaired) electrons. The highest BCUT2D eigenvalue weighted by Gasteiger charge is 2.59. The number of rotatable bonds is 1. The summed E-state index contributed by atoms with van der Waals surface area (Å²) in [4.78, 5) is 13.5. The summed E-state index contributed by atoms with van der Waals surface area (Å²) in [6, 6.07) is 0. The minimum absolute atomic E-state index is 0.217. The molecule has 90 valence electrons. The summed E-state index contributed by atoms with van der Waals surface area (Å²) in [7, 11) is -0.707. The molecule has 16 heavy (non-hydrogen) atoms. The van der Waals surface area contributed by atoms with E-state index < -0.39 is 18.8 Å². The first-order chi connectivity index (χ1) is 7.31. The Kier molecular flexibility index (Phi) is 2.66. The molecule has 2 heterocycles. The van der Waals surface area contributed by atoms with Crippen LogP contribution in [0.15, 0.2) is 0 Å². The molecule has 3 atom stereocenters. The van der Waals surface area contributed by atoms with E-state index in [1.165, 1.54) is 0 Å². The lowest BCUT2D eigenvalue weighted by atomic mass is 9.60. The van der Waals surface area contributed by atoms with Crippen LogP contribution in [0, 0.1) is 0 Å². The lowest BCUT2D eigenvalue weighted by molar-refractivity contribution is -0.147. The molecular weight excluding hydrogens is 208 g/mol. The van der Waals surface area contributed by atoms with Gasteiger partial charge in [0.1, 0.15) is 0 Å². The van der Waals surface area contributed by atoms with Crippen LogP contribution in [0.3, 0.4) is 0 Å². The molecule has 2 aliphatic rings. The molecule has 0 amide bonds. The van der Waals surface area contributed by atoms with Gasteiger partial charge in [-0.2, -0.15) is 0 Å². The van der Waals surface area contributed by atoms with Crippen LogP contribution in [0.4, 0.5) is 4.39 Å². The van der Waals surface area contributed by atoms with Gasteiger partial charge in [-0.3, -0.25) is 4.79 Å². The van der Waals surface area contributed by atoms with Crippen LogP contribution in [-0.2, 0) is 4.79 Å². The summed E-state index contributed by atoms with van der Waals surface area (Å²) in [6.45, 7) is 5.38. The van der Waals surface area contributed by atoms with Crippen molar-refractivity contribution in [3.05, 3.63) is 0 Å². The number of alkyl halides is 1. The van der Waals surface area contributed by atoms with Crippen molar-refractivity contribution < 1.29 is 14.2 Å². The number of Topliss-reactive ketones (excluding diaryl/α,β-unsaturated/α-hetero) is 1. The number of carbonyl (C=O) groups excluding carboxylic acids is 1. The molecule has 0 aliphatic carbocycles. The molecule has 2 rings (SSSR count). The van der Waals surface area contributed by atoms with Crippen LogP contribution in [0.1, 0.15) is 39.5 Å². The van der Waals surface area contributed by atoms with Crippen LogP contribution >= 0.6 is 0 Å². The van der Waals surface area contributed by atoms with Gasteiger partial charge in [0.05, 0.1) is 0 Å². The predicted molar refractivity (Wildman–Crippen MR) is 60.9 cm³/mol. The van der Waals surface area contributed by atoms with Crippen molar-refractivity contribution >= 4 is 12.8 Å². The average molecular weight is 227 g/mol. The molecule has 0 aromatic rings. The number of halogens is 1. The van der Waals surface area contributed by atoms with Crippen LogP contribution in [0.5, 0.6) is 0 Å². The Hall–Kier alpha value is -0.415. The second kappa shape index (κ2) is 3.54. The molecule has 0 aromatic heterocycles. The molecule has 2 bridgehead atoms. The Labute approximate surface area is 96.1 Å². The molecular formula is C11H19BFNO2. The van der Waals surface area contributed by atoms with Crippen molar-refractivity contribution in [2.75, 3.05) is 0 Å². The average Bonchev–Trinajstić information content (AvgIpc) is 2.13. The molecule has 0 saturated carbocycles. The van der Waals surface area contributed by atoms with E-state index in [0.717, 1.165) is 12.8 Å². The van der Waals surface area contributed by atoms with E-state index >= 15 is 0 Å². The van der Waals surface area contributed by atoms with Gasteiger partial charge < -0.3 is 9.83 Å². The standard InChI is InChI=1S/C11H19BFNO2/c1-10-5-4-6-11(2,14(10)12(3)16)9(13)8(15)7-10/h9,16H,4-7H2,1-3H3/t9-,10-,11+/m0/s1. The zero-order chi connectivity index (χ0) is 12.1. The van der Waals surface area contributed by atoms with Crippen molar-refractivity contribution in [2.45, 2.75) is 63.6 Å². The smallest absolute Gasteiger partial charge is 0.377 e. The van der Waals surface area contributed by atoms with Gasteiger partial charge in [0.25, 0.3) is 0 Å². The van der Waals surface area contributed by atoms with Gasteiger partial charge in [0, 0.05) is 17.5 Å². The maximum absolute atomic E-state index is 14.1. The summed E-state index contributed by atoms with van der Waals surface area (Å²) in [5.41, 5.74) is -1.20. The lowest BCUT2D eigenvalue weighted by Gasteiger charge is -2.60. The van der Waals surface area contributed by atoms with Crippen LogP contribution < -0.4 is 0 Å². The van der Waals surface area contributed by atoms with Gasteiger partial charge in [0.2, 0.25) is 0 Å². The van der Waals surface area contributed by atoms with Crippen molar-refractivity contribution in [3.8, 4) is 0 Å². The van der Waals surface area contributed by atoms with Crippen molar-refractivity contribution in [1.82, 2.24) is 4.81 Å². The van der Waals surface area contributed by atoms with E-state index in [0.29, 0.717) is 6.42 Å². The lowest BCUT2D eigenvalue weighted by Crippen LogP contribution is -2.74. The maximum atomic E-state index is 14.1. The second-order valence-corrected chi connectivity index (χ2v) is 5.72. The zero-order valence-electron chi connectivity index (χ0n) is 10.2. The van der Waals surface area contributed by atoms with Crippen LogP contribution in [0.25, 0.3) is 0 Å². The quantitative estimate of drug-likeness (QED) is 0.688. The SMILES string of the molecule is CB(O)N1[C@@]2(C)CCC[C@]1(C)[C@@H](F)C(=O)C2. The molecule has 5 heteroatoms. The molecule has 0 spiro atoms. The van der Waals surface area contributed by atoms with Crippen molar-refractivity contribution in [2.24, 2.45) is 0 Å². The fourth-order valence-corrected chi connectivity index (χ4v) is 3.80. The van der Waals surface area contributed by atoms with E-state index in [1.54, 1.807) is 13.7 Å². The molecule has 0 aromatic carbocycles. The van der Waals surface area contributed by atoms with E-state index in [9.17, 15) is 14.2 Å². The van der Waals surface area contributed by atoms with E-state index in [1.807, 2.05) is 11.7 Å². The van der Waals surface area contributed by atoms with Gasteiger partial charge in [-0.15, -0.1) is 0 Å². The second-order valence-electron chi connectivity index (χ2n) is 5.72. The Morgan fingerprint density at radius 3 is 2.69 bits per heavy atom. The zero-order valence-corrected chi connectivity index (χ0v) is 10.2. The van der Waals surface area contributed by atoms with E-state index in [2.05, 4.69) is 0 Å². The number of nitrogens with zero attached hydrogens (tertiary/aromatic N) is 1. The maximum Gasteiger partial charge on any atom is 0.377 e. The third-order valence-electron chi connectivity index (χ3n) is 4.29. The molecule has 2 fully saturated rings. The molecule has 3 nitrogen and oxygen atoms in total. The van der Waals surface area contributed by atoms with Gasteiger partial charge in [0.15, 0.2) is 12.0 Å². The summed E-state index contributed by atoms with van der Waals surface area (Å²) >= 11 is 0. The highest BCUT2D eigenvalue weighted by atomic mass is 19.1. The number of fused-ring (bicyclic) bond motifs is 2. The Morgan fingerprint density at radius 1 is 1.50 bits per heavy atom. The van der Waals surface area contributed by atoms with Crippen LogP contribution in [0.2, 0.25) is 6.82 Å². The van der Waals surface area contributed by atoms with Gasteiger partial charge in [-0.1, -0.05) is 0 Å². The predicted octanol–water partition coefficient (Wildman–Crippen LogP) is 1.41. The fourth-order valence-electron chi connectivity index (χ4n) is 3.80. The van der Waals surface area contributed by atoms with Crippen LogP contribution in [-0.4, -0.2) is 39.9 Å². The third-order valence-corrected chi connectivity index (χ3v) is 4.29. The van der Waals surface area contributed by atoms with E-state index in [-0.39, 0.29) is 17.7 Å². The van der Waals surface area contributed by atoms with E-state index in [4.69, 9.17) is 0 Å². The fraction of sp³-hybridized carbons (Fsp3) is 0.909. The van der Waals surface area contributed by atoms with Gasteiger partial charge in [-0.05, 0) is 39.9 Å². The normalized spacial score (nSPS) is 44.6. The number of piperidine rings is 2. The highest BCUT2D eigenvalue weighted by molar-refractivity contribution is 6.46. The molecule has 2 aliphatic heterocycles. The topological polar surface area (TPSA) is 40.5 Å². The van der Waals surface area contributed by atoms with Gasteiger partial charge >= 0.3 is 7.05 Å². The first-order valence-electron chi connectivity index (χ1n) is 5.95. The Bertz CT molecular complexity index is 325. The number of hydrogen-bond donors (Lipinski definition) is 1. The minimum atomic E-state index is -1.46. The largest absolute Gasteiger partial charge is 0.437 e. The Balaban J connectivity index is 2.46. The summed E-state index contributed by atoms with van der Waals surface area (Å²) in [5.74, 6) is -0.304. The molecule has 1 N–H and O–H groups in total. The first kappa shape index (κ1) is 12.1. The minimum Gasteiger partial charge on any atom is -0.437 e. The number of carbonyl (C=O) groups is 1. The third kappa shape index (κ3) is 1.45. The summed E-state index contributed by atoms with van der Waals surface area (Å²) in [6.07, 6.45) is 1.17. The number of ketones is 1. The number of hydrogen-bond acceptors (Lipinski definition) is 3. The monoisotopic (exact) mass is 227 g/mol. The van der Waals surface area contributed by atoms with Crippen molar-refractivity contribution in [1.29, 1.82) is 0 Å². The van der Waals surface area contributed by atoms with Gasteiger partial charge in [-0.25, -0.2) is 4.39 Å². The first-order valence-corrected chi connectivity index (χ1v) is 5.95. The summed E-state index contributed by atoms with van der Waals surface area (Å²) < 4.78 is 14.1.